The standard InChI is InChI=1S/C20H21N3O2/c1-14-8-15(2)10-18(9-14)22-13-17(11-21)20(24)23-12-16-4-6-19(25-3)7-5-16/h4-10,13,22H,12H2,1-3H3,(H,23,24)/b17-13-. The summed E-state index contributed by atoms with van der Waals surface area (Å²) in [5.74, 6) is 0.334. The third-order valence-corrected chi connectivity index (χ3v) is 3.58. The average Bonchev–Trinajstić information content (AvgIpc) is 2.60. The van der Waals surface area contributed by atoms with Crippen molar-refractivity contribution in [1.29, 1.82) is 5.26 Å². The molecule has 2 aromatic carbocycles. The van der Waals surface area contributed by atoms with Crippen molar-refractivity contribution in [1.82, 2.24) is 5.32 Å². The monoisotopic (exact) mass is 335 g/mol. The molecule has 25 heavy (non-hydrogen) atoms. The molecule has 0 saturated heterocycles. The quantitative estimate of drug-likeness (QED) is 0.626. The second-order valence-electron chi connectivity index (χ2n) is 5.72. The highest BCUT2D eigenvalue weighted by Gasteiger charge is 2.08. The summed E-state index contributed by atoms with van der Waals surface area (Å²) in [6, 6.07) is 15.3. The van der Waals surface area contributed by atoms with E-state index in [0.29, 0.717) is 6.54 Å². The number of nitrogens with one attached hydrogen (secondary N) is 2. The normalized spacial score (nSPS) is 10.7. The topological polar surface area (TPSA) is 74.1 Å². The van der Waals surface area contributed by atoms with Crippen molar-refractivity contribution in [3.63, 3.8) is 0 Å². The summed E-state index contributed by atoms with van der Waals surface area (Å²) in [6.07, 6.45) is 1.43. The molecule has 2 aromatic rings. The first-order chi connectivity index (χ1) is 12.0. The van der Waals surface area contributed by atoms with Crippen LogP contribution in [0.4, 0.5) is 5.69 Å². The number of rotatable bonds is 6. The van der Waals surface area contributed by atoms with E-state index in [1.807, 2.05) is 56.3 Å². The van der Waals surface area contributed by atoms with Crippen molar-refractivity contribution in [2.24, 2.45) is 0 Å². The molecule has 0 saturated carbocycles. The summed E-state index contributed by atoms with van der Waals surface area (Å²) in [5, 5.41) is 15.0. The average molecular weight is 335 g/mol. The molecule has 1 amide bonds. The fourth-order valence-corrected chi connectivity index (χ4v) is 2.38. The minimum Gasteiger partial charge on any atom is -0.497 e. The van der Waals surface area contributed by atoms with Gasteiger partial charge in [0.15, 0.2) is 0 Å². The van der Waals surface area contributed by atoms with Crippen molar-refractivity contribution in [3.05, 3.63) is 70.9 Å². The molecule has 128 valence electrons. The Bertz CT molecular complexity index is 798. The first kappa shape index (κ1) is 18.1. The number of hydrogen-bond donors (Lipinski definition) is 2. The lowest BCUT2D eigenvalue weighted by Gasteiger charge is -2.07. The summed E-state index contributed by atoms with van der Waals surface area (Å²) in [6.45, 7) is 4.33. The third kappa shape index (κ3) is 5.40. The molecule has 2 rings (SSSR count). The zero-order valence-electron chi connectivity index (χ0n) is 14.6. The van der Waals surface area contributed by atoms with Crippen molar-refractivity contribution in [2.45, 2.75) is 20.4 Å². The number of methoxy groups -OCH3 is 1. The second kappa shape index (κ2) is 8.55. The maximum absolute atomic E-state index is 12.2. The Hall–Kier alpha value is -3.26. The molecule has 0 aromatic heterocycles. The van der Waals surface area contributed by atoms with Gasteiger partial charge >= 0.3 is 0 Å². The van der Waals surface area contributed by atoms with Crippen LogP contribution in [-0.4, -0.2) is 13.0 Å². The number of anilines is 1. The fraction of sp³-hybridized carbons (Fsp3) is 0.200. The molecule has 0 unspecified atom stereocenters. The summed E-state index contributed by atoms with van der Waals surface area (Å²) in [4.78, 5) is 12.2. The van der Waals surface area contributed by atoms with Gasteiger partial charge in [0.1, 0.15) is 17.4 Å². The van der Waals surface area contributed by atoms with E-state index in [0.717, 1.165) is 28.1 Å². The molecule has 0 atom stereocenters. The van der Waals surface area contributed by atoms with Crippen LogP contribution in [0.2, 0.25) is 0 Å². The zero-order valence-corrected chi connectivity index (χ0v) is 14.6. The minimum absolute atomic E-state index is 0.0210. The molecule has 0 spiro atoms. The molecular formula is C20H21N3O2. The molecule has 0 aliphatic carbocycles. The summed E-state index contributed by atoms with van der Waals surface area (Å²) < 4.78 is 5.09. The van der Waals surface area contributed by atoms with Crippen LogP contribution in [0.5, 0.6) is 5.75 Å². The van der Waals surface area contributed by atoms with Crippen LogP contribution >= 0.6 is 0 Å². The largest absolute Gasteiger partial charge is 0.497 e. The second-order valence-corrected chi connectivity index (χ2v) is 5.72. The molecule has 0 aliphatic heterocycles. The van der Waals surface area contributed by atoms with Gasteiger partial charge in [-0.15, -0.1) is 0 Å². The van der Waals surface area contributed by atoms with Gasteiger partial charge in [0, 0.05) is 18.4 Å². The van der Waals surface area contributed by atoms with Gasteiger partial charge < -0.3 is 15.4 Å². The molecule has 0 aliphatic rings. The Morgan fingerprint density at radius 1 is 1.16 bits per heavy atom. The van der Waals surface area contributed by atoms with Crippen LogP contribution in [0.15, 0.2) is 54.2 Å². The van der Waals surface area contributed by atoms with Crippen molar-refractivity contribution in [3.8, 4) is 11.8 Å². The smallest absolute Gasteiger partial charge is 0.263 e. The molecule has 0 heterocycles. The van der Waals surface area contributed by atoms with E-state index in [4.69, 9.17) is 4.74 Å². The van der Waals surface area contributed by atoms with E-state index < -0.39 is 5.91 Å². The van der Waals surface area contributed by atoms with E-state index in [2.05, 4.69) is 16.7 Å². The Labute approximate surface area is 147 Å². The molecule has 2 N–H and O–H groups in total. The number of hydrogen-bond acceptors (Lipinski definition) is 4. The Morgan fingerprint density at radius 3 is 2.36 bits per heavy atom. The zero-order chi connectivity index (χ0) is 18.2. The highest BCUT2D eigenvalue weighted by Crippen LogP contribution is 2.14. The number of aryl methyl sites for hydroxylation is 2. The van der Waals surface area contributed by atoms with Crippen molar-refractivity contribution in [2.75, 3.05) is 12.4 Å². The fourth-order valence-electron chi connectivity index (χ4n) is 2.38. The van der Waals surface area contributed by atoms with Crippen molar-refractivity contribution >= 4 is 11.6 Å². The van der Waals surface area contributed by atoms with E-state index in [1.165, 1.54) is 6.20 Å². The Balaban J connectivity index is 1.98. The number of carbonyl (C=O) groups excluding carboxylic acids is 1. The van der Waals surface area contributed by atoms with Crippen LogP contribution in [0.1, 0.15) is 16.7 Å². The van der Waals surface area contributed by atoms with E-state index in [1.54, 1.807) is 7.11 Å². The number of carbonyl (C=O) groups is 1. The van der Waals surface area contributed by atoms with Crippen LogP contribution in [0, 0.1) is 25.2 Å². The molecule has 0 radical (unpaired) electrons. The Morgan fingerprint density at radius 2 is 1.80 bits per heavy atom. The van der Waals surface area contributed by atoms with E-state index >= 15 is 0 Å². The highest BCUT2D eigenvalue weighted by atomic mass is 16.5. The van der Waals surface area contributed by atoms with Gasteiger partial charge in [0.2, 0.25) is 0 Å². The lowest BCUT2D eigenvalue weighted by molar-refractivity contribution is -0.117. The SMILES string of the molecule is COc1ccc(CNC(=O)/C(C#N)=C\Nc2cc(C)cc(C)c2)cc1. The molecule has 0 fully saturated rings. The number of ether oxygens (including phenoxy) is 1. The first-order valence-electron chi connectivity index (χ1n) is 7.88. The first-order valence-corrected chi connectivity index (χ1v) is 7.88. The number of amides is 1. The molecular weight excluding hydrogens is 314 g/mol. The lowest BCUT2D eigenvalue weighted by Crippen LogP contribution is -2.24. The van der Waals surface area contributed by atoms with Crippen LogP contribution < -0.4 is 15.4 Å². The molecule has 5 heteroatoms. The van der Waals surface area contributed by atoms with Gasteiger partial charge in [-0.3, -0.25) is 4.79 Å². The molecule has 5 nitrogen and oxygen atoms in total. The Kier molecular flexibility index (Phi) is 6.19. The maximum atomic E-state index is 12.2. The van der Waals surface area contributed by atoms with Crippen molar-refractivity contribution < 1.29 is 9.53 Å². The van der Waals surface area contributed by atoms with Crippen LogP contribution in [0.3, 0.4) is 0 Å². The van der Waals surface area contributed by atoms with Gasteiger partial charge in [-0.1, -0.05) is 18.2 Å². The maximum Gasteiger partial charge on any atom is 0.263 e. The van der Waals surface area contributed by atoms with Gasteiger partial charge in [0.05, 0.1) is 7.11 Å². The number of benzene rings is 2. The van der Waals surface area contributed by atoms with Gasteiger partial charge in [0.25, 0.3) is 5.91 Å². The lowest BCUT2D eigenvalue weighted by atomic mass is 10.1. The number of nitrogens with zero attached hydrogens (tertiary/aromatic N) is 1. The van der Waals surface area contributed by atoms with Crippen LogP contribution in [-0.2, 0) is 11.3 Å². The summed E-state index contributed by atoms with van der Waals surface area (Å²) in [5.41, 5.74) is 4.01. The highest BCUT2D eigenvalue weighted by molar-refractivity contribution is 5.97. The summed E-state index contributed by atoms with van der Waals surface area (Å²) >= 11 is 0. The molecule has 0 bridgehead atoms. The van der Waals surface area contributed by atoms with Gasteiger partial charge in [-0.25, -0.2) is 0 Å². The predicted molar refractivity (Wildman–Crippen MR) is 98.1 cm³/mol. The number of nitriles is 1. The summed E-state index contributed by atoms with van der Waals surface area (Å²) in [7, 11) is 1.60. The van der Waals surface area contributed by atoms with Gasteiger partial charge in [-0.05, 0) is 54.8 Å². The third-order valence-electron chi connectivity index (χ3n) is 3.58. The predicted octanol–water partition coefficient (Wildman–Crippen LogP) is 3.45. The van der Waals surface area contributed by atoms with Crippen LogP contribution in [0.25, 0.3) is 0 Å². The minimum atomic E-state index is -0.421. The van der Waals surface area contributed by atoms with E-state index in [9.17, 15) is 10.1 Å². The van der Waals surface area contributed by atoms with E-state index in [-0.39, 0.29) is 5.57 Å². The van der Waals surface area contributed by atoms with Gasteiger partial charge in [-0.2, -0.15) is 5.26 Å².